The summed E-state index contributed by atoms with van der Waals surface area (Å²) in [4.78, 5) is 39.2. The number of piperidine rings is 1. The zero-order valence-electron chi connectivity index (χ0n) is 14.8. The van der Waals surface area contributed by atoms with Crippen molar-refractivity contribution in [3.8, 4) is 0 Å². The van der Waals surface area contributed by atoms with E-state index in [0.29, 0.717) is 13.0 Å². The number of hydrogen-bond donors (Lipinski definition) is 2. The van der Waals surface area contributed by atoms with Gasteiger partial charge in [0.1, 0.15) is 6.04 Å². The average molecular weight is 346 g/mol. The maximum atomic E-state index is 12.4. The average Bonchev–Trinajstić information content (AvgIpc) is 2.56. The largest absolute Gasteiger partial charge is 0.368 e. The summed E-state index contributed by atoms with van der Waals surface area (Å²) in [7, 11) is 1.70. The second kappa shape index (κ2) is 8.62. The third kappa shape index (κ3) is 5.56. The van der Waals surface area contributed by atoms with Crippen LogP contribution in [0.3, 0.4) is 0 Å². The van der Waals surface area contributed by atoms with Gasteiger partial charge in [-0.1, -0.05) is 17.7 Å². The normalized spacial score (nSPS) is 17.4. The highest BCUT2D eigenvalue weighted by atomic mass is 16.2. The number of carbonyl (C=O) groups excluding carboxylic acids is 3. The molecule has 1 aromatic carbocycles. The van der Waals surface area contributed by atoms with Crippen LogP contribution in [0.1, 0.15) is 24.8 Å². The molecule has 1 heterocycles. The number of benzene rings is 1. The fourth-order valence-corrected chi connectivity index (χ4v) is 2.99. The highest BCUT2D eigenvalue weighted by Gasteiger charge is 2.30. The van der Waals surface area contributed by atoms with Gasteiger partial charge in [-0.15, -0.1) is 0 Å². The summed E-state index contributed by atoms with van der Waals surface area (Å²) in [6.45, 7) is 2.68. The van der Waals surface area contributed by atoms with E-state index in [1.54, 1.807) is 16.8 Å². The molecule has 0 saturated carbocycles. The standard InChI is InChI=1S/C18H26N4O3/c1-13-6-8-14(9-7-13)20-16(23)11-21(2)12-17(24)22-10-4-3-5-15(22)18(19)25/h6-9,15H,3-5,10-12H2,1-2H3,(H2,19,25)(H,20,23)/t15-/m0/s1. The maximum Gasteiger partial charge on any atom is 0.240 e. The van der Waals surface area contributed by atoms with Gasteiger partial charge in [0.05, 0.1) is 13.1 Å². The molecule has 136 valence electrons. The molecule has 0 spiro atoms. The van der Waals surface area contributed by atoms with Crippen LogP contribution in [0, 0.1) is 6.92 Å². The molecule has 0 aromatic heterocycles. The number of nitrogens with one attached hydrogen (secondary N) is 1. The van der Waals surface area contributed by atoms with E-state index in [1.165, 1.54) is 0 Å². The molecule has 3 amide bonds. The summed E-state index contributed by atoms with van der Waals surface area (Å²) in [5.41, 5.74) is 7.23. The Hall–Kier alpha value is -2.41. The summed E-state index contributed by atoms with van der Waals surface area (Å²) in [5.74, 6) is -0.828. The van der Waals surface area contributed by atoms with E-state index in [9.17, 15) is 14.4 Å². The summed E-state index contributed by atoms with van der Waals surface area (Å²) < 4.78 is 0. The van der Waals surface area contributed by atoms with Crippen LogP contribution in [0.15, 0.2) is 24.3 Å². The van der Waals surface area contributed by atoms with E-state index < -0.39 is 11.9 Å². The highest BCUT2D eigenvalue weighted by molar-refractivity contribution is 5.93. The smallest absolute Gasteiger partial charge is 0.240 e. The molecule has 1 aliphatic rings. The lowest BCUT2D eigenvalue weighted by atomic mass is 10.0. The fourth-order valence-electron chi connectivity index (χ4n) is 2.99. The van der Waals surface area contributed by atoms with Crippen molar-refractivity contribution in [2.45, 2.75) is 32.2 Å². The molecule has 0 unspecified atom stereocenters. The van der Waals surface area contributed by atoms with Crippen LogP contribution in [-0.2, 0) is 14.4 Å². The predicted octanol–water partition coefficient (Wildman–Crippen LogP) is 0.732. The Morgan fingerprint density at radius 2 is 1.88 bits per heavy atom. The minimum absolute atomic E-state index is 0.0745. The van der Waals surface area contributed by atoms with Crippen LogP contribution >= 0.6 is 0 Å². The third-order valence-corrected chi connectivity index (χ3v) is 4.31. The molecule has 1 fully saturated rings. The van der Waals surface area contributed by atoms with E-state index in [4.69, 9.17) is 5.73 Å². The number of anilines is 1. The van der Waals surface area contributed by atoms with Crippen molar-refractivity contribution < 1.29 is 14.4 Å². The van der Waals surface area contributed by atoms with Gasteiger partial charge in [0.25, 0.3) is 0 Å². The van der Waals surface area contributed by atoms with E-state index in [2.05, 4.69) is 5.32 Å². The van der Waals surface area contributed by atoms with Gasteiger partial charge in [0.2, 0.25) is 17.7 Å². The van der Waals surface area contributed by atoms with Crippen molar-refractivity contribution >= 4 is 23.4 Å². The predicted molar refractivity (Wildman–Crippen MR) is 95.9 cm³/mol. The lowest BCUT2D eigenvalue weighted by molar-refractivity contribution is -0.141. The Balaban J connectivity index is 1.84. The summed E-state index contributed by atoms with van der Waals surface area (Å²) in [6.07, 6.45) is 2.37. The molecule has 1 aromatic rings. The molecular weight excluding hydrogens is 320 g/mol. The lowest BCUT2D eigenvalue weighted by Gasteiger charge is -2.34. The van der Waals surface area contributed by atoms with E-state index in [0.717, 1.165) is 24.1 Å². The van der Waals surface area contributed by atoms with Crippen LogP contribution in [-0.4, -0.2) is 60.2 Å². The second-order valence-corrected chi connectivity index (χ2v) is 6.59. The van der Waals surface area contributed by atoms with Gasteiger partial charge in [-0.05, 0) is 45.4 Å². The van der Waals surface area contributed by atoms with Gasteiger partial charge in [-0.25, -0.2) is 0 Å². The van der Waals surface area contributed by atoms with Gasteiger partial charge in [0, 0.05) is 12.2 Å². The van der Waals surface area contributed by atoms with Crippen molar-refractivity contribution in [2.75, 3.05) is 32.0 Å². The first-order valence-corrected chi connectivity index (χ1v) is 8.50. The summed E-state index contributed by atoms with van der Waals surface area (Å²) >= 11 is 0. The van der Waals surface area contributed by atoms with Crippen LogP contribution in [0.2, 0.25) is 0 Å². The molecule has 1 atom stereocenters. The number of nitrogens with two attached hydrogens (primary N) is 1. The Bertz CT molecular complexity index is 630. The van der Waals surface area contributed by atoms with Crippen LogP contribution in [0.4, 0.5) is 5.69 Å². The van der Waals surface area contributed by atoms with Crippen molar-refractivity contribution in [2.24, 2.45) is 5.73 Å². The van der Waals surface area contributed by atoms with Crippen LogP contribution in [0.5, 0.6) is 0 Å². The van der Waals surface area contributed by atoms with E-state index in [1.807, 2.05) is 31.2 Å². The van der Waals surface area contributed by atoms with Gasteiger partial charge in [-0.3, -0.25) is 19.3 Å². The number of aryl methyl sites for hydroxylation is 1. The zero-order chi connectivity index (χ0) is 18.4. The van der Waals surface area contributed by atoms with Gasteiger partial charge >= 0.3 is 0 Å². The molecule has 0 aliphatic carbocycles. The molecule has 7 nitrogen and oxygen atoms in total. The number of amides is 3. The Morgan fingerprint density at radius 3 is 2.52 bits per heavy atom. The van der Waals surface area contributed by atoms with Crippen molar-refractivity contribution in [1.29, 1.82) is 0 Å². The van der Waals surface area contributed by atoms with Crippen LogP contribution < -0.4 is 11.1 Å². The quantitative estimate of drug-likeness (QED) is 0.794. The van der Waals surface area contributed by atoms with Gasteiger partial charge in [0.15, 0.2) is 0 Å². The minimum atomic E-state index is -0.531. The monoisotopic (exact) mass is 346 g/mol. The second-order valence-electron chi connectivity index (χ2n) is 6.59. The number of likely N-dealkylation sites (N-methyl/N-ethyl adjacent to an activating group) is 1. The van der Waals surface area contributed by atoms with Gasteiger partial charge < -0.3 is 16.0 Å². The number of hydrogen-bond acceptors (Lipinski definition) is 4. The number of carbonyl (C=O) groups is 3. The van der Waals surface area contributed by atoms with Crippen molar-refractivity contribution in [1.82, 2.24) is 9.80 Å². The van der Waals surface area contributed by atoms with Crippen molar-refractivity contribution in [3.05, 3.63) is 29.8 Å². The lowest BCUT2D eigenvalue weighted by Crippen LogP contribution is -2.53. The molecule has 0 radical (unpaired) electrons. The first-order valence-electron chi connectivity index (χ1n) is 8.50. The maximum absolute atomic E-state index is 12.4. The minimum Gasteiger partial charge on any atom is -0.368 e. The molecule has 1 saturated heterocycles. The van der Waals surface area contributed by atoms with E-state index >= 15 is 0 Å². The number of rotatable bonds is 6. The molecule has 25 heavy (non-hydrogen) atoms. The number of nitrogens with zero attached hydrogens (tertiary/aromatic N) is 2. The van der Waals surface area contributed by atoms with Crippen molar-refractivity contribution in [3.63, 3.8) is 0 Å². The molecule has 3 N–H and O–H groups in total. The molecule has 7 heteroatoms. The first-order chi connectivity index (χ1) is 11.9. The molecule has 1 aliphatic heterocycles. The number of primary amides is 1. The molecule has 0 bridgehead atoms. The Labute approximate surface area is 148 Å². The Morgan fingerprint density at radius 1 is 1.20 bits per heavy atom. The topological polar surface area (TPSA) is 95.7 Å². The van der Waals surface area contributed by atoms with E-state index in [-0.39, 0.29) is 24.9 Å². The first kappa shape index (κ1) is 18.9. The Kier molecular flexibility index (Phi) is 6.52. The summed E-state index contributed by atoms with van der Waals surface area (Å²) in [6, 6.07) is 6.98. The van der Waals surface area contributed by atoms with Crippen LogP contribution in [0.25, 0.3) is 0 Å². The highest BCUT2D eigenvalue weighted by Crippen LogP contribution is 2.17. The fraction of sp³-hybridized carbons (Fsp3) is 0.500. The molecule has 2 rings (SSSR count). The van der Waals surface area contributed by atoms with Gasteiger partial charge in [-0.2, -0.15) is 0 Å². The number of likely N-dealkylation sites (tertiary alicyclic amines) is 1. The zero-order valence-corrected chi connectivity index (χ0v) is 14.8. The summed E-state index contributed by atoms with van der Waals surface area (Å²) in [5, 5.41) is 2.80. The third-order valence-electron chi connectivity index (χ3n) is 4.31. The molecular formula is C18H26N4O3. The SMILES string of the molecule is Cc1ccc(NC(=O)CN(C)CC(=O)N2CCCC[C@H]2C(N)=O)cc1.